The third-order valence-corrected chi connectivity index (χ3v) is 4.01. The second-order valence-corrected chi connectivity index (χ2v) is 6.03. The van der Waals surface area contributed by atoms with E-state index in [9.17, 15) is 9.59 Å². The van der Waals surface area contributed by atoms with E-state index >= 15 is 0 Å². The van der Waals surface area contributed by atoms with Crippen LogP contribution in [0.3, 0.4) is 0 Å². The molecule has 0 saturated carbocycles. The maximum Gasteiger partial charge on any atom is 0.253 e. The Bertz CT molecular complexity index is 972. The van der Waals surface area contributed by atoms with Crippen LogP contribution < -0.4 is 10.6 Å². The number of rotatable bonds is 6. The third kappa shape index (κ3) is 3.83. The zero-order valence-electron chi connectivity index (χ0n) is 14.5. The number of aryl methyl sites for hydroxylation is 1. The minimum Gasteiger partial charge on any atom is -0.464 e. The Morgan fingerprint density at radius 2 is 2.00 bits per heavy atom. The minimum absolute atomic E-state index is 0.165. The van der Waals surface area contributed by atoms with Gasteiger partial charge in [-0.3, -0.25) is 9.59 Å². The summed E-state index contributed by atoms with van der Waals surface area (Å²) in [7, 11) is 0. The number of furan rings is 1. The van der Waals surface area contributed by atoms with E-state index in [2.05, 4.69) is 17.2 Å². The maximum absolute atomic E-state index is 12.5. The molecule has 0 spiro atoms. The molecule has 0 aliphatic heterocycles. The van der Waals surface area contributed by atoms with Crippen molar-refractivity contribution in [2.24, 2.45) is 0 Å². The number of amides is 2. The Hall–Kier alpha value is -3.34. The van der Waals surface area contributed by atoms with Crippen LogP contribution in [0.4, 0.5) is 5.69 Å². The molecule has 2 aromatic carbocycles. The van der Waals surface area contributed by atoms with Crippen molar-refractivity contribution in [3.05, 3.63) is 78.1 Å². The monoisotopic (exact) mass is 348 g/mol. The lowest BCUT2D eigenvalue weighted by molar-refractivity contribution is -0.115. The molecule has 5 heteroatoms. The van der Waals surface area contributed by atoms with Gasteiger partial charge < -0.3 is 15.1 Å². The molecule has 0 bridgehead atoms. The number of para-hydroxylation sites is 1. The van der Waals surface area contributed by atoms with Crippen molar-refractivity contribution in [1.82, 2.24) is 5.32 Å². The molecule has 0 fully saturated rings. The molecule has 2 N–H and O–H groups in total. The average molecular weight is 348 g/mol. The van der Waals surface area contributed by atoms with E-state index in [1.54, 1.807) is 36.6 Å². The van der Waals surface area contributed by atoms with Crippen LogP contribution in [0.2, 0.25) is 0 Å². The van der Waals surface area contributed by atoms with Gasteiger partial charge in [0.15, 0.2) is 0 Å². The molecule has 1 heterocycles. The number of carbonyl (C=O) groups is 2. The van der Waals surface area contributed by atoms with Crippen molar-refractivity contribution < 1.29 is 14.0 Å². The van der Waals surface area contributed by atoms with Gasteiger partial charge in [-0.25, -0.2) is 0 Å². The highest BCUT2D eigenvalue weighted by molar-refractivity contribution is 6.04. The summed E-state index contributed by atoms with van der Waals surface area (Å²) in [6.07, 6.45) is 3.37. The summed E-state index contributed by atoms with van der Waals surface area (Å²) in [5.74, 6) is -0.470. The van der Waals surface area contributed by atoms with E-state index in [1.807, 2.05) is 25.1 Å². The molecule has 0 saturated heterocycles. The number of nitrogens with one attached hydrogen (secondary N) is 2. The molecule has 3 aromatic rings. The van der Waals surface area contributed by atoms with Crippen molar-refractivity contribution in [3.63, 3.8) is 0 Å². The van der Waals surface area contributed by atoms with Crippen molar-refractivity contribution in [2.75, 3.05) is 11.9 Å². The lowest BCUT2D eigenvalue weighted by Gasteiger charge is -2.10. The average Bonchev–Trinajstić information content (AvgIpc) is 3.01. The molecule has 0 radical (unpaired) electrons. The summed E-state index contributed by atoms with van der Waals surface area (Å²) in [4.78, 5) is 24.7. The number of carbonyl (C=O) groups excluding carboxylic acids is 2. The van der Waals surface area contributed by atoms with E-state index in [-0.39, 0.29) is 18.2 Å². The highest BCUT2D eigenvalue weighted by Crippen LogP contribution is 2.23. The summed E-state index contributed by atoms with van der Waals surface area (Å²) in [6, 6.07) is 12.8. The molecule has 5 nitrogen and oxygen atoms in total. The van der Waals surface area contributed by atoms with Crippen LogP contribution in [0.15, 0.2) is 65.8 Å². The van der Waals surface area contributed by atoms with Gasteiger partial charge in [0.1, 0.15) is 5.58 Å². The molecule has 0 aliphatic rings. The first kappa shape index (κ1) is 17.5. The van der Waals surface area contributed by atoms with Gasteiger partial charge in [0.05, 0.1) is 23.9 Å². The first-order valence-electron chi connectivity index (χ1n) is 8.33. The van der Waals surface area contributed by atoms with E-state index < -0.39 is 0 Å². The van der Waals surface area contributed by atoms with Gasteiger partial charge in [0.2, 0.25) is 5.91 Å². The van der Waals surface area contributed by atoms with Crippen LogP contribution in [0.5, 0.6) is 0 Å². The molecule has 2 amide bonds. The molecule has 3 rings (SSSR count). The van der Waals surface area contributed by atoms with Crippen LogP contribution in [-0.2, 0) is 11.2 Å². The minimum atomic E-state index is -0.259. The predicted octanol–water partition coefficient (Wildman–Crippen LogP) is 3.84. The largest absolute Gasteiger partial charge is 0.464 e. The van der Waals surface area contributed by atoms with Gasteiger partial charge in [-0.05, 0) is 30.7 Å². The molecular weight excluding hydrogens is 328 g/mol. The van der Waals surface area contributed by atoms with Gasteiger partial charge in [-0.1, -0.05) is 30.3 Å². The smallest absolute Gasteiger partial charge is 0.253 e. The summed E-state index contributed by atoms with van der Waals surface area (Å²) in [6.45, 7) is 5.93. The number of benzene rings is 2. The highest BCUT2D eigenvalue weighted by atomic mass is 16.3. The van der Waals surface area contributed by atoms with Gasteiger partial charge in [-0.15, -0.1) is 6.58 Å². The molecule has 0 aliphatic carbocycles. The zero-order valence-corrected chi connectivity index (χ0v) is 14.5. The lowest BCUT2D eigenvalue weighted by atomic mass is 10.1. The number of fused-ring (bicyclic) bond motifs is 1. The Balaban J connectivity index is 1.76. The maximum atomic E-state index is 12.5. The molecule has 26 heavy (non-hydrogen) atoms. The fraction of sp³-hybridized carbons (Fsp3) is 0.143. The van der Waals surface area contributed by atoms with Gasteiger partial charge in [-0.2, -0.15) is 0 Å². The number of anilines is 1. The van der Waals surface area contributed by atoms with Gasteiger partial charge >= 0.3 is 0 Å². The van der Waals surface area contributed by atoms with Crippen LogP contribution >= 0.6 is 0 Å². The Labute approximate surface area is 151 Å². The van der Waals surface area contributed by atoms with Crippen LogP contribution in [0.1, 0.15) is 21.5 Å². The number of hydrogen-bond donors (Lipinski definition) is 2. The van der Waals surface area contributed by atoms with E-state index in [0.29, 0.717) is 17.8 Å². The van der Waals surface area contributed by atoms with E-state index in [0.717, 1.165) is 22.1 Å². The lowest BCUT2D eigenvalue weighted by Crippen LogP contribution is -2.25. The third-order valence-electron chi connectivity index (χ3n) is 4.01. The van der Waals surface area contributed by atoms with Gasteiger partial charge in [0, 0.05) is 17.5 Å². The molecule has 132 valence electrons. The summed E-state index contributed by atoms with van der Waals surface area (Å²) < 4.78 is 5.53. The topological polar surface area (TPSA) is 71.3 Å². The first-order valence-corrected chi connectivity index (χ1v) is 8.33. The fourth-order valence-corrected chi connectivity index (χ4v) is 2.74. The van der Waals surface area contributed by atoms with Gasteiger partial charge in [0.25, 0.3) is 5.91 Å². The number of hydrogen-bond acceptors (Lipinski definition) is 3. The first-order chi connectivity index (χ1) is 12.6. The Morgan fingerprint density at radius 3 is 2.81 bits per heavy atom. The summed E-state index contributed by atoms with van der Waals surface area (Å²) in [5, 5.41) is 6.45. The highest BCUT2D eigenvalue weighted by Gasteiger charge is 2.14. The second-order valence-electron chi connectivity index (χ2n) is 6.03. The fourth-order valence-electron chi connectivity index (χ4n) is 2.74. The normalized spacial score (nSPS) is 10.5. The van der Waals surface area contributed by atoms with Crippen molar-refractivity contribution in [1.29, 1.82) is 0 Å². The Morgan fingerprint density at radius 1 is 1.19 bits per heavy atom. The molecule has 0 unspecified atom stereocenters. The molecular formula is C21H20N2O3. The van der Waals surface area contributed by atoms with Crippen LogP contribution in [0.25, 0.3) is 11.0 Å². The Kier molecular flexibility index (Phi) is 5.17. The zero-order chi connectivity index (χ0) is 18.5. The van der Waals surface area contributed by atoms with Crippen molar-refractivity contribution >= 4 is 28.5 Å². The van der Waals surface area contributed by atoms with Crippen molar-refractivity contribution in [3.8, 4) is 0 Å². The van der Waals surface area contributed by atoms with E-state index in [4.69, 9.17) is 4.42 Å². The predicted molar refractivity (Wildman–Crippen MR) is 102 cm³/mol. The standard InChI is InChI=1S/C21H20N2O3/c1-3-10-22-21(25)17-6-4-5-7-18(17)23-20(24)12-15-13-26-19-11-14(2)8-9-16(15)19/h3-9,11,13H,1,10,12H2,2H3,(H,22,25)(H,23,24). The molecule has 1 aromatic heterocycles. The summed E-state index contributed by atoms with van der Waals surface area (Å²) in [5.41, 5.74) is 3.56. The molecule has 0 atom stereocenters. The second kappa shape index (κ2) is 7.70. The quantitative estimate of drug-likeness (QED) is 0.665. The SMILES string of the molecule is C=CCNC(=O)c1ccccc1NC(=O)Cc1coc2cc(C)ccc12. The van der Waals surface area contributed by atoms with E-state index in [1.165, 1.54) is 0 Å². The van der Waals surface area contributed by atoms with Crippen LogP contribution in [-0.4, -0.2) is 18.4 Å². The van der Waals surface area contributed by atoms with Crippen molar-refractivity contribution in [2.45, 2.75) is 13.3 Å². The summed E-state index contributed by atoms with van der Waals surface area (Å²) >= 11 is 0. The van der Waals surface area contributed by atoms with Crippen LogP contribution in [0, 0.1) is 6.92 Å².